The number of amides is 1. The van der Waals surface area contributed by atoms with Crippen molar-refractivity contribution in [3.05, 3.63) is 35.9 Å². The molecular formula is C15H22ClNO3. The minimum absolute atomic E-state index is 0.155. The predicted octanol–water partition coefficient (Wildman–Crippen LogP) is 3.85. The lowest BCUT2D eigenvalue weighted by Gasteiger charge is -2.27. The fourth-order valence-electron chi connectivity index (χ4n) is 1.70. The Balaban J connectivity index is 2.55. The van der Waals surface area contributed by atoms with Crippen LogP contribution in [-0.2, 0) is 11.2 Å². The van der Waals surface area contributed by atoms with Crippen LogP contribution in [0.1, 0.15) is 32.8 Å². The number of hydrogen-bond acceptors (Lipinski definition) is 3. The molecule has 0 saturated carbocycles. The summed E-state index contributed by atoms with van der Waals surface area (Å²) >= 11 is 5.83. The van der Waals surface area contributed by atoms with Gasteiger partial charge in [0, 0.05) is 5.88 Å². The third kappa shape index (κ3) is 5.80. The van der Waals surface area contributed by atoms with E-state index in [0.29, 0.717) is 11.5 Å². The lowest BCUT2D eigenvalue weighted by molar-refractivity contribution is -0.116. The summed E-state index contributed by atoms with van der Waals surface area (Å²) < 4.78 is 5.11. The van der Waals surface area contributed by atoms with Gasteiger partial charge in [0.2, 0.25) is 0 Å². The smallest absolute Gasteiger partial charge is 0.434 e. The molecule has 0 bridgehead atoms. The van der Waals surface area contributed by atoms with Crippen LogP contribution in [0.25, 0.3) is 0 Å². The lowest BCUT2D eigenvalue weighted by Crippen LogP contribution is -2.42. The molecule has 0 saturated heterocycles. The van der Waals surface area contributed by atoms with Crippen LogP contribution in [0.3, 0.4) is 0 Å². The first-order valence-electron chi connectivity index (χ1n) is 6.64. The van der Waals surface area contributed by atoms with Crippen LogP contribution >= 0.6 is 11.6 Å². The van der Waals surface area contributed by atoms with E-state index in [1.165, 1.54) is 0 Å². The molecule has 0 spiro atoms. The van der Waals surface area contributed by atoms with Crippen molar-refractivity contribution in [2.75, 3.05) is 5.88 Å². The maximum Gasteiger partial charge on any atom is 0.434 e. The maximum absolute atomic E-state index is 11.8. The van der Waals surface area contributed by atoms with E-state index in [0.717, 1.165) is 12.0 Å². The highest BCUT2D eigenvalue weighted by Crippen LogP contribution is 2.14. The number of aryl methyl sites for hydroxylation is 1. The summed E-state index contributed by atoms with van der Waals surface area (Å²) in [5, 5.41) is 10.5. The molecule has 1 aromatic rings. The summed E-state index contributed by atoms with van der Waals surface area (Å²) in [4.78, 5) is 11.8. The number of halogens is 1. The van der Waals surface area contributed by atoms with Gasteiger partial charge in [-0.3, -0.25) is 5.21 Å². The predicted molar refractivity (Wildman–Crippen MR) is 79.1 cm³/mol. The first kappa shape index (κ1) is 16.8. The van der Waals surface area contributed by atoms with E-state index < -0.39 is 17.7 Å². The fraction of sp³-hybridized carbons (Fsp3) is 0.533. The van der Waals surface area contributed by atoms with Crippen molar-refractivity contribution in [1.29, 1.82) is 0 Å². The molecule has 0 radical (unpaired) electrons. The second-order valence-electron chi connectivity index (χ2n) is 5.66. The summed E-state index contributed by atoms with van der Waals surface area (Å²) in [6, 6.07) is 9.39. The Bertz CT molecular complexity index is 417. The number of carbonyl (C=O) groups excluding carboxylic acids is 1. The molecule has 20 heavy (non-hydrogen) atoms. The largest absolute Gasteiger partial charge is 0.442 e. The summed E-state index contributed by atoms with van der Waals surface area (Å²) in [7, 11) is 0. The van der Waals surface area contributed by atoms with E-state index >= 15 is 0 Å². The topological polar surface area (TPSA) is 49.8 Å². The first-order valence-corrected chi connectivity index (χ1v) is 7.18. The minimum Gasteiger partial charge on any atom is -0.442 e. The summed E-state index contributed by atoms with van der Waals surface area (Å²) in [6.07, 6.45) is 0.539. The zero-order valence-corrected chi connectivity index (χ0v) is 12.9. The number of ether oxygens (including phenoxy) is 1. The summed E-state index contributed by atoms with van der Waals surface area (Å²) in [5.74, 6) is 0.155. The van der Waals surface area contributed by atoms with Gasteiger partial charge in [0.1, 0.15) is 5.60 Å². The monoisotopic (exact) mass is 299 g/mol. The SMILES string of the molecule is CC(C)(C)OC(=O)N(O)C(CCl)CCc1ccccc1. The molecule has 1 atom stereocenters. The molecule has 1 unspecified atom stereocenters. The van der Waals surface area contributed by atoms with Crippen molar-refractivity contribution in [2.24, 2.45) is 0 Å². The number of benzene rings is 1. The van der Waals surface area contributed by atoms with Crippen LogP contribution in [0.15, 0.2) is 30.3 Å². The van der Waals surface area contributed by atoms with Crippen molar-refractivity contribution >= 4 is 17.7 Å². The van der Waals surface area contributed by atoms with Gasteiger partial charge in [-0.1, -0.05) is 30.3 Å². The molecular weight excluding hydrogens is 278 g/mol. The van der Waals surface area contributed by atoms with Crippen LogP contribution in [-0.4, -0.2) is 33.9 Å². The van der Waals surface area contributed by atoms with E-state index in [2.05, 4.69) is 0 Å². The molecule has 0 fully saturated rings. The molecule has 5 heteroatoms. The Kier molecular flexibility index (Phi) is 6.30. The van der Waals surface area contributed by atoms with E-state index in [1.807, 2.05) is 30.3 Å². The van der Waals surface area contributed by atoms with Crippen LogP contribution in [0.5, 0.6) is 0 Å². The van der Waals surface area contributed by atoms with Gasteiger partial charge in [-0.2, -0.15) is 5.06 Å². The van der Waals surface area contributed by atoms with Crippen LogP contribution in [0.4, 0.5) is 4.79 Å². The number of carbonyl (C=O) groups is 1. The molecule has 1 aromatic carbocycles. The van der Waals surface area contributed by atoms with E-state index in [4.69, 9.17) is 16.3 Å². The van der Waals surface area contributed by atoms with Gasteiger partial charge in [0.15, 0.2) is 0 Å². The molecule has 0 aliphatic heterocycles. The van der Waals surface area contributed by atoms with Gasteiger partial charge in [-0.15, -0.1) is 11.6 Å². The molecule has 1 N–H and O–H groups in total. The van der Waals surface area contributed by atoms with Gasteiger partial charge in [0.25, 0.3) is 0 Å². The molecule has 0 aromatic heterocycles. The Labute approximate surface area is 125 Å². The standard InChI is InChI=1S/C15H22ClNO3/c1-15(2,3)20-14(18)17(19)13(11-16)10-9-12-7-5-4-6-8-12/h4-8,13,19H,9-11H2,1-3H3. The van der Waals surface area contributed by atoms with Crippen LogP contribution < -0.4 is 0 Å². The van der Waals surface area contributed by atoms with Crippen molar-refractivity contribution < 1.29 is 14.7 Å². The fourth-order valence-corrected chi connectivity index (χ4v) is 1.99. The molecule has 112 valence electrons. The van der Waals surface area contributed by atoms with Crippen molar-refractivity contribution in [3.8, 4) is 0 Å². The van der Waals surface area contributed by atoms with Gasteiger partial charge < -0.3 is 4.74 Å². The van der Waals surface area contributed by atoms with E-state index in [-0.39, 0.29) is 5.88 Å². The van der Waals surface area contributed by atoms with Crippen LogP contribution in [0.2, 0.25) is 0 Å². The number of rotatable bonds is 5. The Morgan fingerprint density at radius 3 is 2.45 bits per heavy atom. The molecule has 1 rings (SSSR count). The van der Waals surface area contributed by atoms with Crippen molar-refractivity contribution in [2.45, 2.75) is 45.3 Å². The zero-order chi connectivity index (χ0) is 15.2. The second-order valence-corrected chi connectivity index (χ2v) is 5.97. The first-order chi connectivity index (χ1) is 9.33. The highest BCUT2D eigenvalue weighted by atomic mass is 35.5. The van der Waals surface area contributed by atoms with E-state index in [1.54, 1.807) is 20.8 Å². The van der Waals surface area contributed by atoms with Gasteiger partial charge in [-0.05, 0) is 39.2 Å². The molecule has 0 aliphatic carbocycles. The normalized spacial score (nSPS) is 12.8. The number of hydrogen-bond donors (Lipinski definition) is 1. The zero-order valence-electron chi connectivity index (χ0n) is 12.2. The number of alkyl halides is 1. The third-order valence-corrected chi connectivity index (χ3v) is 3.07. The molecule has 0 aliphatic rings. The maximum atomic E-state index is 11.8. The highest BCUT2D eigenvalue weighted by molar-refractivity contribution is 6.18. The number of nitrogens with zero attached hydrogens (tertiary/aromatic N) is 1. The Morgan fingerprint density at radius 2 is 1.95 bits per heavy atom. The Hall–Kier alpha value is -1.26. The summed E-state index contributed by atoms with van der Waals surface area (Å²) in [5.41, 5.74) is 0.495. The van der Waals surface area contributed by atoms with Gasteiger partial charge >= 0.3 is 6.09 Å². The summed E-state index contributed by atoms with van der Waals surface area (Å²) in [6.45, 7) is 5.25. The average molecular weight is 300 g/mol. The van der Waals surface area contributed by atoms with E-state index in [9.17, 15) is 10.0 Å². The minimum atomic E-state index is -0.767. The Morgan fingerprint density at radius 1 is 1.35 bits per heavy atom. The van der Waals surface area contributed by atoms with Crippen molar-refractivity contribution in [1.82, 2.24) is 5.06 Å². The number of hydroxylamine groups is 2. The second kappa shape index (κ2) is 7.50. The third-order valence-electron chi connectivity index (χ3n) is 2.71. The molecule has 1 amide bonds. The van der Waals surface area contributed by atoms with Gasteiger partial charge in [-0.25, -0.2) is 4.79 Å². The van der Waals surface area contributed by atoms with Crippen molar-refractivity contribution in [3.63, 3.8) is 0 Å². The lowest BCUT2D eigenvalue weighted by atomic mass is 10.1. The highest BCUT2D eigenvalue weighted by Gasteiger charge is 2.26. The van der Waals surface area contributed by atoms with Gasteiger partial charge in [0.05, 0.1) is 6.04 Å². The quantitative estimate of drug-likeness (QED) is 0.510. The molecule has 4 nitrogen and oxygen atoms in total. The molecule has 0 heterocycles. The van der Waals surface area contributed by atoms with Crippen LogP contribution in [0, 0.1) is 0 Å². The average Bonchev–Trinajstić information content (AvgIpc) is 2.38.